The van der Waals surface area contributed by atoms with E-state index < -0.39 is 0 Å². The van der Waals surface area contributed by atoms with Crippen molar-refractivity contribution in [2.24, 2.45) is 0 Å². The Labute approximate surface area is 139 Å². The number of anilines is 1. The van der Waals surface area contributed by atoms with E-state index in [1.807, 2.05) is 12.1 Å². The SMILES string of the molecule is COc1cc(-c2nnc(-c3ccc(N)cc3)o2)cc(OC)c1OC. The first-order valence-corrected chi connectivity index (χ1v) is 7.16. The number of nitrogen functional groups attached to an aromatic ring is 1. The zero-order valence-corrected chi connectivity index (χ0v) is 13.6. The quantitative estimate of drug-likeness (QED) is 0.720. The maximum atomic E-state index is 5.75. The van der Waals surface area contributed by atoms with Crippen molar-refractivity contribution in [1.29, 1.82) is 0 Å². The molecule has 0 spiro atoms. The number of hydrogen-bond donors (Lipinski definition) is 1. The van der Waals surface area contributed by atoms with Gasteiger partial charge in [-0.3, -0.25) is 0 Å². The molecule has 24 heavy (non-hydrogen) atoms. The number of ether oxygens (including phenoxy) is 3. The largest absolute Gasteiger partial charge is 0.493 e. The molecule has 0 atom stereocenters. The van der Waals surface area contributed by atoms with Crippen molar-refractivity contribution >= 4 is 5.69 Å². The van der Waals surface area contributed by atoms with Crippen LogP contribution in [0.25, 0.3) is 22.9 Å². The molecule has 0 unspecified atom stereocenters. The van der Waals surface area contributed by atoms with Crippen molar-refractivity contribution in [3.63, 3.8) is 0 Å². The van der Waals surface area contributed by atoms with Crippen LogP contribution in [0, 0.1) is 0 Å². The molecule has 0 saturated carbocycles. The van der Waals surface area contributed by atoms with E-state index in [1.165, 1.54) is 0 Å². The topological polar surface area (TPSA) is 92.6 Å². The Morgan fingerprint density at radius 1 is 0.792 bits per heavy atom. The van der Waals surface area contributed by atoms with Gasteiger partial charge in [0.25, 0.3) is 0 Å². The summed E-state index contributed by atoms with van der Waals surface area (Å²) in [6.45, 7) is 0. The molecule has 2 N–H and O–H groups in total. The molecule has 3 rings (SSSR count). The van der Waals surface area contributed by atoms with Gasteiger partial charge in [0, 0.05) is 16.8 Å². The van der Waals surface area contributed by atoms with Crippen LogP contribution in [0.3, 0.4) is 0 Å². The van der Waals surface area contributed by atoms with E-state index in [0.717, 1.165) is 5.56 Å². The van der Waals surface area contributed by atoms with Gasteiger partial charge in [-0.15, -0.1) is 10.2 Å². The fraction of sp³-hybridized carbons (Fsp3) is 0.176. The highest BCUT2D eigenvalue weighted by atomic mass is 16.5. The number of benzene rings is 2. The predicted octanol–water partition coefficient (Wildman–Crippen LogP) is 3.01. The van der Waals surface area contributed by atoms with Crippen LogP contribution in [-0.4, -0.2) is 31.5 Å². The summed E-state index contributed by atoms with van der Waals surface area (Å²) in [5.41, 5.74) is 7.81. The van der Waals surface area contributed by atoms with Gasteiger partial charge in [0.1, 0.15) is 0 Å². The molecule has 1 heterocycles. The van der Waals surface area contributed by atoms with Gasteiger partial charge in [-0.05, 0) is 36.4 Å². The highest BCUT2D eigenvalue weighted by Crippen LogP contribution is 2.41. The van der Waals surface area contributed by atoms with Crippen LogP contribution in [0.15, 0.2) is 40.8 Å². The second-order valence-electron chi connectivity index (χ2n) is 4.95. The normalized spacial score (nSPS) is 10.5. The third kappa shape index (κ3) is 2.83. The van der Waals surface area contributed by atoms with Gasteiger partial charge >= 0.3 is 0 Å². The molecule has 0 aliphatic carbocycles. The van der Waals surface area contributed by atoms with E-state index in [0.29, 0.717) is 40.3 Å². The third-order valence-electron chi connectivity index (χ3n) is 3.49. The molecular formula is C17H17N3O4. The molecule has 0 fully saturated rings. The van der Waals surface area contributed by atoms with Crippen LogP contribution in [-0.2, 0) is 0 Å². The summed E-state index contributed by atoms with van der Waals surface area (Å²) >= 11 is 0. The molecule has 0 bridgehead atoms. The molecule has 1 aromatic heterocycles. The average Bonchev–Trinajstić information content (AvgIpc) is 3.11. The van der Waals surface area contributed by atoms with Crippen molar-refractivity contribution in [3.05, 3.63) is 36.4 Å². The minimum absolute atomic E-state index is 0.348. The van der Waals surface area contributed by atoms with Crippen LogP contribution in [0.5, 0.6) is 17.2 Å². The van der Waals surface area contributed by atoms with Crippen LogP contribution < -0.4 is 19.9 Å². The van der Waals surface area contributed by atoms with Crippen LogP contribution in [0.2, 0.25) is 0 Å². The average molecular weight is 327 g/mol. The summed E-state index contributed by atoms with van der Waals surface area (Å²) in [6, 6.07) is 10.7. The Hall–Kier alpha value is -3.22. The first-order chi connectivity index (χ1) is 11.7. The Morgan fingerprint density at radius 2 is 1.33 bits per heavy atom. The van der Waals surface area contributed by atoms with E-state index in [9.17, 15) is 0 Å². The molecule has 2 aromatic carbocycles. The first-order valence-electron chi connectivity index (χ1n) is 7.16. The lowest BCUT2D eigenvalue weighted by atomic mass is 10.2. The molecule has 0 radical (unpaired) electrons. The number of aromatic nitrogens is 2. The number of rotatable bonds is 5. The Bertz CT molecular complexity index is 818. The summed E-state index contributed by atoms with van der Waals surface area (Å²) < 4.78 is 21.7. The van der Waals surface area contributed by atoms with Gasteiger partial charge in [-0.25, -0.2) is 0 Å². The lowest BCUT2D eigenvalue weighted by Crippen LogP contribution is -1.95. The number of nitrogens with two attached hydrogens (primary N) is 1. The molecule has 0 aliphatic heterocycles. The fourth-order valence-electron chi connectivity index (χ4n) is 2.29. The van der Waals surface area contributed by atoms with Gasteiger partial charge in [0.05, 0.1) is 21.3 Å². The Kier molecular flexibility index (Phi) is 4.24. The predicted molar refractivity (Wildman–Crippen MR) is 89.2 cm³/mol. The Balaban J connectivity index is 2.02. The number of nitrogens with zero attached hydrogens (tertiary/aromatic N) is 2. The van der Waals surface area contributed by atoms with Crippen LogP contribution in [0.1, 0.15) is 0 Å². The molecule has 7 nitrogen and oxygen atoms in total. The molecule has 124 valence electrons. The molecular weight excluding hydrogens is 310 g/mol. The molecule has 3 aromatic rings. The summed E-state index contributed by atoms with van der Waals surface area (Å²) in [5, 5.41) is 8.17. The van der Waals surface area contributed by atoms with Gasteiger partial charge in [-0.2, -0.15) is 0 Å². The van der Waals surface area contributed by atoms with Gasteiger partial charge in [0.2, 0.25) is 17.5 Å². The minimum Gasteiger partial charge on any atom is -0.493 e. The van der Waals surface area contributed by atoms with E-state index in [-0.39, 0.29) is 0 Å². The second kappa shape index (κ2) is 6.49. The highest BCUT2D eigenvalue weighted by molar-refractivity contribution is 5.67. The first kappa shape index (κ1) is 15.7. The zero-order valence-electron chi connectivity index (χ0n) is 13.6. The van der Waals surface area contributed by atoms with Crippen molar-refractivity contribution in [3.8, 4) is 40.2 Å². The smallest absolute Gasteiger partial charge is 0.248 e. The maximum Gasteiger partial charge on any atom is 0.248 e. The molecule has 0 aliphatic rings. The lowest BCUT2D eigenvalue weighted by Gasteiger charge is -2.12. The van der Waals surface area contributed by atoms with Gasteiger partial charge in [0.15, 0.2) is 11.5 Å². The monoisotopic (exact) mass is 327 g/mol. The van der Waals surface area contributed by atoms with Crippen molar-refractivity contribution in [1.82, 2.24) is 10.2 Å². The summed E-state index contributed by atoms with van der Waals surface area (Å²) in [6.07, 6.45) is 0. The van der Waals surface area contributed by atoms with Crippen molar-refractivity contribution in [2.45, 2.75) is 0 Å². The van der Waals surface area contributed by atoms with Crippen LogP contribution in [0.4, 0.5) is 5.69 Å². The summed E-state index contributed by atoms with van der Waals surface area (Å²) in [7, 11) is 4.65. The molecule has 7 heteroatoms. The number of hydrogen-bond acceptors (Lipinski definition) is 7. The van der Waals surface area contributed by atoms with Crippen LogP contribution >= 0.6 is 0 Å². The van der Waals surface area contributed by atoms with E-state index >= 15 is 0 Å². The van der Waals surface area contributed by atoms with Crippen molar-refractivity contribution < 1.29 is 18.6 Å². The van der Waals surface area contributed by atoms with Gasteiger partial charge < -0.3 is 24.4 Å². The van der Waals surface area contributed by atoms with E-state index in [1.54, 1.807) is 45.6 Å². The number of methoxy groups -OCH3 is 3. The van der Waals surface area contributed by atoms with E-state index in [4.69, 9.17) is 24.4 Å². The third-order valence-corrected chi connectivity index (χ3v) is 3.49. The fourth-order valence-corrected chi connectivity index (χ4v) is 2.29. The van der Waals surface area contributed by atoms with E-state index in [2.05, 4.69) is 10.2 Å². The summed E-state index contributed by atoms with van der Waals surface area (Å²) in [5.74, 6) is 2.28. The highest BCUT2D eigenvalue weighted by Gasteiger charge is 2.17. The van der Waals surface area contributed by atoms with Crippen molar-refractivity contribution in [2.75, 3.05) is 27.1 Å². The zero-order chi connectivity index (χ0) is 17.1. The standard InChI is InChI=1S/C17H17N3O4/c1-21-13-8-11(9-14(22-2)15(13)23-3)17-20-19-16(24-17)10-4-6-12(18)7-5-10/h4-9H,18H2,1-3H3. The summed E-state index contributed by atoms with van der Waals surface area (Å²) in [4.78, 5) is 0. The second-order valence-corrected chi connectivity index (χ2v) is 4.95. The Morgan fingerprint density at radius 3 is 1.83 bits per heavy atom. The lowest BCUT2D eigenvalue weighted by molar-refractivity contribution is 0.324. The minimum atomic E-state index is 0.348. The maximum absolute atomic E-state index is 5.75. The molecule has 0 saturated heterocycles. The van der Waals surface area contributed by atoms with Gasteiger partial charge in [-0.1, -0.05) is 0 Å². The molecule has 0 amide bonds.